The van der Waals surface area contributed by atoms with Crippen LogP contribution in [0.2, 0.25) is 0 Å². The Morgan fingerprint density at radius 3 is 1.08 bits per heavy atom. The highest BCUT2D eigenvalue weighted by Gasteiger charge is 2.46. The van der Waals surface area contributed by atoms with E-state index in [4.69, 9.17) is 0 Å². The van der Waals surface area contributed by atoms with Gasteiger partial charge in [0.15, 0.2) is 24.8 Å². The first-order valence-corrected chi connectivity index (χ1v) is 16.5. The van der Waals surface area contributed by atoms with Gasteiger partial charge in [0, 0.05) is 73.3 Å². The zero-order valence-electron chi connectivity index (χ0n) is 26.8. The van der Waals surface area contributed by atoms with E-state index in [1.807, 2.05) is 49.1 Å². The minimum atomic E-state index is -0.462. The maximum atomic E-state index is 4.16. The predicted molar refractivity (Wildman–Crippen MR) is 193 cm³/mol. The van der Waals surface area contributed by atoms with Crippen molar-refractivity contribution < 1.29 is 9.13 Å². The fourth-order valence-corrected chi connectivity index (χ4v) is 7.46. The van der Waals surface area contributed by atoms with E-state index < -0.39 is 5.41 Å². The Morgan fingerprint density at radius 2 is 0.694 bits per heavy atom. The number of hydrogen-bond donors (Lipinski definition) is 0. The molecule has 4 aromatic carbocycles. The Kier molecular flexibility index (Phi) is 6.98. The van der Waals surface area contributed by atoms with Gasteiger partial charge in [-0.25, -0.2) is 0 Å². The summed E-state index contributed by atoms with van der Waals surface area (Å²) in [6, 6.07) is 52.7. The Balaban J connectivity index is 1.12. The molecule has 0 N–H and O–H groups in total. The zero-order chi connectivity index (χ0) is 32.6. The molecule has 8 aromatic rings. The Labute approximate surface area is 285 Å². The standard InChI is InChI=1S/C45H32N4/c1-3-7-43-41(5-1)42-6-2-4-8-44(42)45(43,37-9-13-39(14-10-37)48-29-21-35(22-30-48)33-17-25-46-26-18-33)38-11-15-40(16-12-38)49-31-23-36(24-32-49)34-19-27-47-28-20-34/h1-32H/q+2. The van der Waals surface area contributed by atoms with Gasteiger partial charge in [-0.05, 0) is 79.9 Å². The first kappa shape index (κ1) is 28.7. The Morgan fingerprint density at radius 1 is 0.347 bits per heavy atom. The van der Waals surface area contributed by atoms with E-state index >= 15 is 0 Å². The number of nitrogens with zero attached hydrogens (tertiary/aromatic N) is 4. The third-order valence-corrected chi connectivity index (χ3v) is 9.84. The van der Waals surface area contributed by atoms with Crippen molar-refractivity contribution in [3.63, 3.8) is 0 Å². The Hall–Kier alpha value is -6.52. The van der Waals surface area contributed by atoms with E-state index in [0.29, 0.717) is 0 Å². The van der Waals surface area contributed by atoms with E-state index in [9.17, 15) is 0 Å². The van der Waals surface area contributed by atoms with Crippen LogP contribution in [0.4, 0.5) is 0 Å². The molecule has 49 heavy (non-hydrogen) atoms. The van der Waals surface area contributed by atoms with E-state index in [0.717, 1.165) is 22.5 Å². The van der Waals surface area contributed by atoms with Crippen LogP contribution in [0.3, 0.4) is 0 Å². The van der Waals surface area contributed by atoms with Crippen LogP contribution < -0.4 is 9.13 Å². The van der Waals surface area contributed by atoms with Crippen LogP contribution in [0.1, 0.15) is 22.3 Å². The van der Waals surface area contributed by atoms with Crippen LogP contribution in [0.5, 0.6) is 0 Å². The number of aromatic nitrogens is 4. The van der Waals surface area contributed by atoms with E-state index in [2.05, 4.69) is 165 Å². The molecule has 0 saturated heterocycles. The quantitative estimate of drug-likeness (QED) is 0.173. The molecule has 4 heteroatoms. The molecule has 4 nitrogen and oxygen atoms in total. The molecule has 0 atom stereocenters. The molecule has 0 radical (unpaired) electrons. The van der Waals surface area contributed by atoms with Gasteiger partial charge in [0.1, 0.15) is 0 Å². The van der Waals surface area contributed by atoms with Crippen LogP contribution in [-0.2, 0) is 5.41 Å². The highest BCUT2D eigenvalue weighted by atomic mass is 14.9. The summed E-state index contributed by atoms with van der Waals surface area (Å²) in [7, 11) is 0. The van der Waals surface area contributed by atoms with Crippen LogP contribution in [-0.4, -0.2) is 9.97 Å². The number of fused-ring (bicyclic) bond motifs is 3. The minimum Gasteiger partial charge on any atom is -0.265 e. The van der Waals surface area contributed by atoms with Crippen molar-refractivity contribution >= 4 is 0 Å². The van der Waals surface area contributed by atoms with Crippen molar-refractivity contribution in [2.75, 3.05) is 0 Å². The topological polar surface area (TPSA) is 33.5 Å². The highest BCUT2D eigenvalue weighted by Crippen LogP contribution is 2.55. The zero-order valence-corrected chi connectivity index (χ0v) is 26.8. The normalized spacial score (nSPS) is 12.7. The molecule has 4 aromatic heterocycles. The molecule has 9 rings (SSSR count). The average molecular weight is 629 g/mol. The van der Waals surface area contributed by atoms with Gasteiger partial charge in [0.25, 0.3) is 0 Å². The van der Waals surface area contributed by atoms with Gasteiger partial charge >= 0.3 is 0 Å². The predicted octanol–water partition coefficient (Wildman–Crippen LogP) is 8.73. The lowest BCUT2D eigenvalue weighted by Crippen LogP contribution is -2.32. The SMILES string of the molecule is c1ccc2c(c1)-c1ccccc1C2(c1ccc(-[n+]2ccc(-c3ccncc3)cc2)cc1)c1ccc(-[n+]2ccc(-c3ccncc3)cc2)cc1. The molecule has 0 spiro atoms. The molecular weight excluding hydrogens is 597 g/mol. The van der Waals surface area contributed by atoms with Gasteiger partial charge in [0.05, 0.1) is 5.41 Å². The van der Waals surface area contributed by atoms with Crippen molar-refractivity contribution in [1.29, 1.82) is 0 Å². The summed E-state index contributed by atoms with van der Waals surface area (Å²) in [4.78, 5) is 8.31. The molecular formula is C45H32N4+2. The lowest BCUT2D eigenvalue weighted by Gasteiger charge is -2.33. The molecule has 0 fully saturated rings. The van der Waals surface area contributed by atoms with Crippen LogP contribution in [0, 0.1) is 0 Å². The average Bonchev–Trinajstić information content (AvgIpc) is 3.50. The molecule has 1 aliphatic rings. The third kappa shape index (κ3) is 4.85. The monoisotopic (exact) mass is 628 g/mol. The largest absolute Gasteiger partial charge is 0.265 e. The molecule has 230 valence electrons. The van der Waals surface area contributed by atoms with E-state index in [1.54, 1.807) is 0 Å². The number of hydrogen-bond acceptors (Lipinski definition) is 2. The second kappa shape index (κ2) is 11.9. The maximum absolute atomic E-state index is 4.16. The second-order valence-corrected chi connectivity index (χ2v) is 12.4. The van der Waals surface area contributed by atoms with Crippen molar-refractivity contribution in [2.45, 2.75) is 5.41 Å². The first-order chi connectivity index (χ1) is 24.3. The molecule has 0 bridgehead atoms. The van der Waals surface area contributed by atoms with Crippen molar-refractivity contribution in [3.05, 3.63) is 217 Å². The lowest BCUT2D eigenvalue weighted by atomic mass is 9.67. The summed E-state index contributed by atoms with van der Waals surface area (Å²) in [6.45, 7) is 0. The number of benzene rings is 4. The maximum Gasteiger partial charge on any atom is 0.210 e. The smallest absolute Gasteiger partial charge is 0.210 e. The van der Waals surface area contributed by atoms with Gasteiger partial charge in [0.2, 0.25) is 11.4 Å². The second-order valence-electron chi connectivity index (χ2n) is 12.4. The molecule has 0 aliphatic heterocycles. The Bertz CT molecular complexity index is 2210. The summed E-state index contributed by atoms with van der Waals surface area (Å²) in [5, 5.41) is 0. The minimum absolute atomic E-state index is 0.462. The molecule has 0 saturated carbocycles. The number of rotatable bonds is 6. The van der Waals surface area contributed by atoms with Crippen LogP contribution in [0.15, 0.2) is 195 Å². The van der Waals surface area contributed by atoms with Gasteiger partial charge < -0.3 is 0 Å². The molecule has 1 aliphatic carbocycles. The van der Waals surface area contributed by atoms with Gasteiger partial charge in [-0.3, -0.25) is 9.97 Å². The van der Waals surface area contributed by atoms with Gasteiger partial charge in [-0.2, -0.15) is 9.13 Å². The summed E-state index contributed by atoms with van der Waals surface area (Å²) < 4.78 is 4.34. The van der Waals surface area contributed by atoms with E-state index in [-0.39, 0.29) is 0 Å². The van der Waals surface area contributed by atoms with Crippen LogP contribution in [0.25, 0.3) is 44.8 Å². The summed E-state index contributed by atoms with van der Waals surface area (Å²) in [5.41, 5.74) is 14.1. The third-order valence-electron chi connectivity index (χ3n) is 9.84. The van der Waals surface area contributed by atoms with Crippen molar-refractivity contribution in [3.8, 4) is 44.8 Å². The summed E-state index contributed by atoms with van der Waals surface area (Å²) in [5.74, 6) is 0. The lowest BCUT2D eigenvalue weighted by molar-refractivity contribution is -0.595. The molecule has 0 amide bonds. The van der Waals surface area contributed by atoms with Gasteiger partial charge in [-0.1, -0.05) is 72.8 Å². The first-order valence-electron chi connectivity index (χ1n) is 16.5. The highest BCUT2D eigenvalue weighted by molar-refractivity contribution is 5.86. The van der Waals surface area contributed by atoms with E-state index in [1.165, 1.54) is 44.5 Å². The van der Waals surface area contributed by atoms with Crippen molar-refractivity contribution in [1.82, 2.24) is 9.97 Å². The summed E-state index contributed by atoms with van der Waals surface area (Å²) in [6.07, 6.45) is 15.8. The number of pyridine rings is 4. The molecule has 4 heterocycles. The van der Waals surface area contributed by atoms with Crippen molar-refractivity contribution in [2.24, 2.45) is 0 Å². The fourth-order valence-electron chi connectivity index (χ4n) is 7.46. The van der Waals surface area contributed by atoms with Crippen LogP contribution >= 0.6 is 0 Å². The van der Waals surface area contributed by atoms with Gasteiger partial charge in [-0.15, -0.1) is 0 Å². The molecule has 0 unspecified atom stereocenters. The fraction of sp³-hybridized carbons (Fsp3) is 0.0222. The summed E-state index contributed by atoms with van der Waals surface area (Å²) >= 11 is 0.